The number of carbonyl (C=O) groups excluding carboxylic acids is 1. The lowest BCUT2D eigenvalue weighted by Gasteiger charge is -2.30. The van der Waals surface area contributed by atoms with Gasteiger partial charge in [-0.1, -0.05) is 6.07 Å². The predicted molar refractivity (Wildman–Crippen MR) is 105 cm³/mol. The van der Waals surface area contributed by atoms with E-state index in [0.717, 1.165) is 12.1 Å². The zero-order valence-corrected chi connectivity index (χ0v) is 17.1. The van der Waals surface area contributed by atoms with E-state index in [4.69, 9.17) is 9.47 Å². The summed E-state index contributed by atoms with van der Waals surface area (Å²) in [5.74, 6) is -0.247. The summed E-state index contributed by atoms with van der Waals surface area (Å²) in [5, 5.41) is 22.6. The molecule has 27 heavy (non-hydrogen) atoms. The molecule has 2 rings (SSSR count). The monoisotopic (exact) mass is 425 g/mol. The molecule has 2 heterocycles. The van der Waals surface area contributed by atoms with Gasteiger partial charge in [-0.15, -0.1) is 24.8 Å². The molecule has 1 saturated heterocycles. The van der Waals surface area contributed by atoms with Gasteiger partial charge in [0.25, 0.3) is 0 Å². The van der Waals surface area contributed by atoms with E-state index in [9.17, 15) is 15.0 Å². The second-order valence-electron chi connectivity index (χ2n) is 6.17. The molecule has 0 unspecified atom stereocenters. The summed E-state index contributed by atoms with van der Waals surface area (Å²) in [6.07, 6.45) is 0.572. The number of amides is 1. The molecule has 10 heteroatoms. The lowest BCUT2D eigenvalue weighted by Crippen LogP contribution is -2.50. The number of hydrogen-bond donors (Lipinski definition) is 3. The molecule has 1 aliphatic rings. The van der Waals surface area contributed by atoms with Crippen LogP contribution in [0.15, 0.2) is 24.4 Å². The van der Waals surface area contributed by atoms with Crippen LogP contribution in [0.1, 0.15) is 5.69 Å². The van der Waals surface area contributed by atoms with Gasteiger partial charge in [-0.05, 0) is 19.2 Å². The smallest absolute Gasteiger partial charge is 0.246 e. The number of carbonyl (C=O) groups is 1. The highest BCUT2D eigenvalue weighted by Crippen LogP contribution is 2.25. The molecule has 0 spiro atoms. The summed E-state index contributed by atoms with van der Waals surface area (Å²) in [5.41, 5.74) is 0.964. The van der Waals surface area contributed by atoms with Gasteiger partial charge in [0.05, 0.1) is 18.8 Å². The Morgan fingerprint density at radius 3 is 2.70 bits per heavy atom. The van der Waals surface area contributed by atoms with E-state index in [-0.39, 0.29) is 56.5 Å². The van der Waals surface area contributed by atoms with E-state index in [1.807, 2.05) is 30.1 Å². The van der Waals surface area contributed by atoms with Crippen LogP contribution < -0.4 is 5.32 Å². The number of pyridine rings is 1. The van der Waals surface area contributed by atoms with E-state index >= 15 is 0 Å². The number of hydrogen-bond acceptors (Lipinski definition) is 7. The number of aliphatic hydroxyl groups excluding tert-OH is 2. The predicted octanol–water partition coefficient (Wildman–Crippen LogP) is -0.349. The van der Waals surface area contributed by atoms with Gasteiger partial charge in [0.2, 0.25) is 5.91 Å². The number of aromatic nitrogens is 1. The lowest BCUT2D eigenvalue weighted by atomic mass is 10.0. The Kier molecular flexibility index (Phi) is 12.7. The standard InChI is InChI=1S/C17H27N3O5.2ClH/c1-20(8-6-12-5-3-4-7-18-12)16-13(9-19-15(22)11-24-2)25-14(10-21)17(16)23;;/h3-5,7,13-14,16-17,21,23H,6,8-11H2,1-2H3,(H,19,22);2*1H/t13-,14+,16+,17-;;/m1../s1. The number of nitrogens with zero attached hydrogens (tertiary/aromatic N) is 2. The molecule has 8 nitrogen and oxygen atoms in total. The maximum atomic E-state index is 11.6. The van der Waals surface area contributed by atoms with Crippen molar-refractivity contribution in [3.05, 3.63) is 30.1 Å². The molecule has 0 aliphatic carbocycles. The largest absolute Gasteiger partial charge is 0.394 e. The molecule has 3 N–H and O–H groups in total. The number of methoxy groups -OCH3 is 1. The van der Waals surface area contributed by atoms with Gasteiger partial charge in [-0.25, -0.2) is 0 Å². The first-order valence-corrected chi connectivity index (χ1v) is 8.37. The Balaban J connectivity index is 0.00000338. The molecule has 1 fully saturated rings. The highest BCUT2D eigenvalue weighted by Gasteiger charge is 2.45. The van der Waals surface area contributed by atoms with Crippen molar-refractivity contribution in [2.75, 3.05) is 40.5 Å². The van der Waals surface area contributed by atoms with Gasteiger partial charge < -0.3 is 25.0 Å². The highest BCUT2D eigenvalue weighted by molar-refractivity contribution is 5.85. The fourth-order valence-corrected chi connectivity index (χ4v) is 3.07. The first-order chi connectivity index (χ1) is 12.1. The lowest BCUT2D eigenvalue weighted by molar-refractivity contribution is -0.125. The Morgan fingerprint density at radius 1 is 1.37 bits per heavy atom. The number of ether oxygens (including phenoxy) is 2. The van der Waals surface area contributed by atoms with Crippen LogP contribution >= 0.6 is 24.8 Å². The molecule has 156 valence electrons. The van der Waals surface area contributed by atoms with Gasteiger partial charge in [-0.3, -0.25) is 14.7 Å². The summed E-state index contributed by atoms with van der Waals surface area (Å²) in [6.45, 7) is 0.615. The molecule has 1 aromatic rings. The van der Waals surface area contributed by atoms with Crippen molar-refractivity contribution >= 4 is 30.7 Å². The van der Waals surface area contributed by atoms with E-state index in [0.29, 0.717) is 6.54 Å². The van der Waals surface area contributed by atoms with Crippen LogP contribution in [0.3, 0.4) is 0 Å². The van der Waals surface area contributed by atoms with Crippen molar-refractivity contribution < 1.29 is 24.5 Å². The Hall–Kier alpha value is -1.000. The molecule has 1 amide bonds. The highest BCUT2D eigenvalue weighted by atomic mass is 35.5. The molecular weight excluding hydrogens is 397 g/mol. The molecule has 0 bridgehead atoms. The number of halogens is 2. The van der Waals surface area contributed by atoms with Crippen molar-refractivity contribution in [3.8, 4) is 0 Å². The van der Waals surface area contributed by atoms with Crippen molar-refractivity contribution in [2.45, 2.75) is 30.8 Å². The van der Waals surface area contributed by atoms with Gasteiger partial charge in [0.15, 0.2) is 0 Å². The summed E-state index contributed by atoms with van der Waals surface area (Å²) in [4.78, 5) is 17.9. The number of likely N-dealkylation sites (N-methyl/N-ethyl adjacent to an activating group) is 1. The first-order valence-electron chi connectivity index (χ1n) is 8.37. The van der Waals surface area contributed by atoms with E-state index in [1.54, 1.807) is 6.20 Å². The van der Waals surface area contributed by atoms with Crippen LogP contribution in [-0.4, -0.2) is 90.8 Å². The van der Waals surface area contributed by atoms with Gasteiger partial charge >= 0.3 is 0 Å². The summed E-state index contributed by atoms with van der Waals surface area (Å²) in [6, 6.07) is 5.43. The van der Waals surface area contributed by atoms with Crippen LogP contribution in [0.5, 0.6) is 0 Å². The second kappa shape index (κ2) is 13.2. The maximum Gasteiger partial charge on any atom is 0.246 e. The van der Waals surface area contributed by atoms with Gasteiger partial charge in [0, 0.05) is 38.5 Å². The van der Waals surface area contributed by atoms with Crippen LogP contribution in [0.25, 0.3) is 0 Å². The summed E-state index contributed by atoms with van der Waals surface area (Å²) < 4.78 is 10.5. The second-order valence-corrected chi connectivity index (χ2v) is 6.17. The van der Waals surface area contributed by atoms with Crippen LogP contribution in [-0.2, 0) is 20.7 Å². The average Bonchev–Trinajstić information content (AvgIpc) is 2.95. The fourth-order valence-electron chi connectivity index (χ4n) is 3.07. The van der Waals surface area contributed by atoms with Crippen molar-refractivity contribution in [3.63, 3.8) is 0 Å². The Bertz CT molecular complexity index is 541. The Morgan fingerprint density at radius 2 is 2.11 bits per heavy atom. The Labute approximate surface area is 172 Å². The molecule has 0 aromatic carbocycles. The molecular formula is C17H29Cl2N3O5. The minimum absolute atomic E-state index is 0. The molecule has 1 aliphatic heterocycles. The summed E-state index contributed by atoms with van der Waals surface area (Å²) in [7, 11) is 3.34. The minimum Gasteiger partial charge on any atom is -0.394 e. The zero-order valence-electron chi connectivity index (χ0n) is 15.5. The minimum atomic E-state index is -0.831. The van der Waals surface area contributed by atoms with Crippen molar-refractivity contribution in [1.82, 2.24) is 15.2 Å². The quantitative estimate of drug-likeness (QED) is 0.496. The fraction of sp³-hybridized carbons (Fsp3) is 0.647. The zero-order chi connectivity index (χ0) is 18.2. The van der Waals surface area contributed by atoms with Crippen LogP contribution in [0, 0.1) is 0 Å². The van der Waals surface area contributed by atoms with E-state index < -0.39 is 18.3 Å². The SMILES string of the molecule is COCC(=O)NC[C@H]1O[C@@H](CO)[C@@H](O)[C@H]1N(C)CCc1ccccn1.Cl.Cl. The summed E-state index contributed by atoms with van der Waals surface area (Å²) >= 11 is 0. The maximum absolute atomic E-state index is 11.6. The topological polar surface area (TPSA) is 104 Å². The normalized spacial score (nSPS) is 24.2. The third-order valence-electron chi connectivity index (χ3n) is 4.37. The van der Waals surface area contributed by atoms with Crippen LogP contribution in [0.2, 0.25) is 0 Å². The van der Waals surface area contributed by atoms with Crippen molar-refractivity contribution in [1.29, 1.82) is 0 Å². The molecule has 4 atom stereocenters. The molecule has 0 radical (unpaired) electrons. The van der Waals surface area contributed by atoms with E-state index in [1.165, 1.54) is 7.11 Å². The molecule has 0 saturated carbocycles. The number of rotatable bonds is 9. The number of nitrogens with one attached hydrogen (secondary N) is 1. The average molecular weight is 426 g/mol. The van der Waals surface area contributed by atoms with Gasteiger partial charge in [-0.2, -0.15) is 0 Å². The van der Waals surface area contributed by atoms with E-state index in [2.05, 4.69) is 10.3 Å². The van der Waals surface area contributed by atoms with Crippen LogP contribution in [0.4, 0.5) is 0 Å². The first kappa shape index (κ1) is 26.0. The van der Waals surface area contributed by atoms with Gasteiger partial charge in [0.1, 0.15) is 18.8 Å². The third-order valence-corrected chi connectivity index (χ3v) is 4.37. The molecule has 1 aromatic heterocycles. The van der Waals surface area contributed by atoms with Crippen molar-refractivity contribution in [2.24, 2.45) is 0 Å². The third kappa shape index (κ3) is 7.50. The number of aliphatic hydroxyl groups is 2.